The van der Waals surface area contributed by atoms with Crippen molar-refractivity contribution in [3.05, 3.63) is 71.2 Å². The fraction of sp³-hybridized carbons (Fsp3) is 0.360. The molecule has 2 atom stereocenters. The lowest BCUT2D eigenvalue weighted by molar-refractivity contribution is -0.141. The van der Waals surface area contributed by atoms with Gasteiger partial charge in [0.15, 0.2) is 0 Å². The first kappa shape index (κ1) is 22.0. The number of carboxylic acids is 1. The lowest BCUT2D eigenvalue weighted by Gasteiger charge is -2.26. The third-order valence-corrected chi connectivity index (χ3v) is 6.06. The van der Waals surface area contributed by atoms with Crippen molar-refractivity contribution in [3.63, 3.8) is 0 Å². The molecule has 2 unspecified atom stereocenters. The van der Waals surface area contributed by atoms with Crippen molar-refractivity contribution in [2.75, 3.05) is 6.61 Å². The molecule has 1 aliphatic carbocycles. The summed E-state index contributed by atoms with van der Waals surface area (Å²) in [5.41, 5.74) is 3.57. The molecule has 0 radical (unpaired) electrons. The molecular formula is C25H27FN2O4. The number of nitrogens with one attached hydrogen (secondary N) is 1. The summed E-state index contributed by atoms with van der Waals surface area (Å²) in [4.78, 5) is 24.3. The summed E-state index contributed by atoms with van der Waals surface area (Å²) in [5, 5.41) is 13.5. The van der Waals surface area contributed by atoms with Crippen molar-refractivity contribution in [3.8, 4) is 0 Å². The quantitative estimate of drug-likeness (QED) is 0.557. The van der Waals surface area contributed by atoms with Gasteiger partial charge < -0.3 is 19.7 Å². The third-order valence-electron chi connectivity index (χ3n) is 6.06. The maximum atomic E-state index is 14.0. The molecule has 1 aromatic heterocycles. The van der Waals surface area contributed by atoms with Crippen LogP contribution in [0.15, 0.2) is 48.5 Å². The minimum absolute atomic E-state index is 0.0361. The summed E-state index contributed by atoms with van der Waals surface area (Å²) in [6.45, 7) is 2.16. The summed E-state index contributed by atoms with van der Waals surface area (Å²) in [6.07, 6.45) is 2.27. The number of hydrogen-bond donors (Lipinski definition) is 2. The zero-order chi connectivity index (χ0) is 22.7. The van der Waals surface area contributed by atoms with E-state index >= 15 is 0 Å². The number of carbonyl (C=O) groups excluding carboxylic acids is 1. The number of carbonyl (C=O) groups is 2. The standard InChI is InChI=1S/C25H27FN2O4/c1-2-21(25(30)31)28-22-10-8-17(26)12-19(22)20-13-18(9-11-23(20)28)27-24(29)15-32-14-16-6-4-3-5-7-16/h3-8,10,12,18,21H,2,9,11,13-15H2,1H3,(H,27,29)(H,30,31). The molecule has 2 N–H and O–H groups in total. The Kier molecular flexibility index (Phi) is 6.55. The van der Waals surface area contributed by atoms with E-state index in [-0.39, 0.29) is 24.4 Å². The Bertz CT molecular complexity index is 1130. The van der Waals surface area contributed by atoms with E-state index in [4.69, 9.17) is 4.74 Å². The molecule has 0 saturated carbocycles. The van der Waals surface area contributed by atoms with Crippen molar-refractivity contribution >= 4 is 22.8 Å². The topological polar surface area (TPSA) is 80.6 Å². The number of aliphatic carboxylic acids is 1. The highest BCUT2D eigenvalue weighted by atomic mass is 19.1. The molecule has 0 fully saturated rings. The Balaban J connectivity index is 1.49. The van der Waals surface area contributed by atoms with E-state index in [1.54, 1.807) is 6.07 Å². The molecule has 1 amide bonds. The van der Waals surface area contributed by atoms with Gasteiger partial charge >= 0.3 is 5.97 Å². The van der Waals surface area contributed by atoms with E-state index in [2.05, 4.69) is 5.32 Å². The molecule has 7 heteroatoms. The molecule has 2 aromatic carbocycles. The Labute approximate surface area is 186 Å². The number of nitrogens with zero attached hydrogens (tertiary/aromatic N) is 1. The van der Waals surface area contributed by atoms with Crippen LogP contribution in [-0.2, 0) is 33.8 Å². The van der Waals surface area contributed by atoms with Crippen LogP contribution in [0.3, 0.4) is 0 Å². The first-order valence-corrected chi connectivity index (χ1v) is 10.9. The first-order chi connectivity index (χ1) is 15.5. The molecule has 4 rings (SSSR count). The van der Waals surface area contributed by atoms with Crippen molar-refractivity contribution < 1.29 is 23.8 Å². The van der Waals surface area contributed by atoms with Crippen molar-refractivity contribution in [1.82, 2.24) is 9.88 Å². The fourth-order valence-corrected chi connectivity index (χ4v) is 4.62. The second kappa shape index (κ2) is 9.53. The minimum atomic E-state index is -0.900. The highest BCUT2D eigenvalue weighted by Gasteiger charge is 2.30. The van der Waals surface area contributed by atoms with E-state index in [1.807, 2.05) is 41.8 Å². The van der Waals surface area contributed by atoms with Gasteiger partial charge in [-0.2, -0.15) is 0 Å². The number of aromatic nitrogens is 1. The van der Waals surface area contributed by atoms with Gasteiger partial charge in [0, 0.05) is 22.6 Å². The molecular weight excluding hydrogens is 411 g/mol. The van der Waals surface area contributed by atoms with Gasteiger partial charge in [-0.05, 0) is 55.0 Å². The van der Waals surface area contributed by atoms with E-state index in [9.17, 15) is 19.1 Å². The summed E-state index contributed by atoms with van der Waals surface area (Å²) in [7, 11) is 0. The number of halogens is 1. The molecule has 0 bridgehead atoms. The highest BCUT2D eigenvalue weighted by Crippen LogP contribution is 2.36. The molecule has 3 aromatic rings. The Morgan fingerprint density at radius 3 is 2.75 bits per heavy atom. The lowest BCUT2D eigenvalue weighted by atomic mass is 9.91. The zero-order valence-corrected chi connectivity index (χ0v) is 18.0. The molecule has 0 spiro atoms. The van der Waals surface area contributed by atoms with Crippen molar-refractivity contribution in [2.24, 2.45) is 0 Å². The number of hydrogen-bond acceptors (Lipinski definition) is 3. The molecule has 32 heavy (non-hydrogen) atoms. The van der Waals surface area contributed by atoms with Crippen LogP contribution >= 0.6 is 0 Å². The minimum Gasteiger partial charge on any atom is -0.480 e. The van der Waals surface area contributed by atoms with Crippen molar-refractivity contribution in [2.45, 2.75) is 51.3 Å². The van der Waals surface area contributed by atoms with Crippen LogP contribution in [0, 0.1) is 5.82 Å². The van der Waals surface area contributed by atoms with Gasteiger partial charge in [0.1, 0.15) is 18.5 Å². The van der Waals surface area contributed by atoms with Crippen LogP contribution in [-0.4, -0.2) is 34.2 Å². The SMILES string of the molecule is CCC(C(=O)O)n1c2c(c3cc(F)ccc31)CC(NC(=O)COCc1ccccc1)CC2. The van der Waals surface area contributed by atoms with Crippen LogP contribution in [0.5, 0.6) is 0 Å². The van der Waals surface area contributed by atoms with Crippen molar-refractivity contribution in [1.29, 1.82) is 0 Å². The maximum Gasteiger partial charge on any atom is 0.326 e. The molecule has 0 aliphatic heterocycles. The number of rotatable bonds is 8. The smallest absolute Gasteiger partial charge is 0.326 e. The predicted octanol–water partition coefficient (Wildman–Crippen LogP) is 4.01. The lowest BCUT2D eigenvalue weighted by Crippen LogP contribution is -2.41. The Morgan fingerprint density at radius 1 is 1.25 bits per heavy atom. The second-order valence-corrected chi connectivity index (χ2v) is 8.20. The van der Waals surface area contributed by atoms with E-state index in [0.717, 1.165) is 27.7 Å². The predicted molar refractivity (Wildman–Crippen MR) is 119 cm³/mol. The fourth-order valence-electron chi connectivity index (χ4n) is 4.62. The van der Waals surface area contributed by atoms with Gasteiger partial charge in [0.25, 0.3) is 0 Å². The molecule has 1 heterocycles. The second-order valence-electron chi connectivity index (χ2n) is 8.20. The average Bonchev–Trinajstić information content (AvgIpc) is 3.08. The van der Waals surface area contributed by atoms with Gasteiger partial charge in [0.05, 0.1) is 6.61 Å². The monoisotopic (exact) mass is 438 g/mol. The number of carboxylic acid groups (broad SMARTS) is 1. The normalized spacial score (nSPS) is 16.5. The summed E-state index contributed by atoms with van der Waals surface area (Å²) < 4.78 is 21.4. The van der Waals surface area contributed by atoms with Gasteiger partial charge in [-0.15, -0.1) is 0 Å². The Hall–Kier alpha value is -3.19. The van der Waals surface area contributed by atoms with Gasteiger partial charge in [-0.3, -0.25) is 4.79 Å². The van der Waals surface area contributed by atoms with Gasteiger partial charge in [0.2, 0.25) is 5.91 Å². The van der Waals surface area contributed by atoms with Gasteiger partial charge in [-0.25, -0.2) is 9.18 Å². The highest BCUT2D eigenvalue weighted by molar-refractivity contribution is 5.88. The third kappa shape index (κ3) is 4.53. The van der Waals surface area contributed by atoms with Crippen LogP contribution in [0.4, 0.5) is 4.39 Å². The summed E-state index contributed by atoms with van der Waals surface area (Å²) in [5.74, 6) is -1.45. The molecule has 0 saturated heterocycles. The summed E-state index contributed by atoms with van der Waals surface area (Å²) >= 11 is 0. The molecule has 168 valence electrons. The van der Waals surface area contributed by atoms with E-state index in [1.165, 1.54) is 12.1 Å². The summed E-state index contributed by atoms with van der Waals surface area (Å²) in [6, 6.07) is 13.3. The van der Waals surface area contributed by atoms with E-state index in [0.29, 0.717) is 32.3 Å². The van der Waals surface area contributed by atoms with Gasteiger partial charge in [-0.1, -0.05) is 37.3 Å². The number of fused-ring (bicyclic) bond motifs is 3. The average molecular weight is 438 g/mol. The first-order valence-electron chi connectivity index (χ1n) is 10.9. The van der Waals surface area contributed by atoms with E-state index < -0.39 is 12.0 Å². The molecule has 6 nitrogen and oxygen atoms in total. The van der Waals surface area contributed by atoms with Crippen LogP contribution in [0.1, 0.15) is 42.6 Å². The number of ether oxygens (including phenoxy) is 1. The number of benzene rings is 2. The van der Waals surface area contributed by atoms with Crippen LogP contribution in [0.25, 0.3) is 10.9 Å². The number of amides is 1. The van der Waals surface area contributed by atoms with Crippen LogP contribution in [0.2, 0.25) is 0 Å². The zero-order valence-electron chi connectivity index (χ0n) is 18.0. The largest absolute Gasteiger partial charge is 0.480 e. The van der Waals surface area contributed by atoms with Crippen LogP contribution < -0.4 is 5.32 Å². The maximum absolute atomic E-state index is 14.0. The molecule has 1 aliphatic rings. The Morgan fingerprint density at radius 2 is 2.03 bits per heavy atom.